The molecule has 0 spiro atoms. The quantitative estimate of drug-likeness (QED) is 0.347. The summed E-state index contributed by atoms with van der Waals surface area (Å²) in [6.45, 7) is -0.604. The molecule has 3 aromatic rings. The van der Waals surface area contributed by atoms with Crippen molar-refractivity contribution >= 4 is 35.3 Å². The zero-order chi connectivity index (χ0) is 25.7. The van der Waals surface area contributed by atoms with Crippen molar-refractivity contribution in [3.8, 4) is 16.9 Å². The van der Waals surface area contributed by atoms with Crippen molar-refractivity contribution in [3.63, 3.8) is 0 Å². The molecular weight excluding hydrogens is 490 g/mol. The SMILES string of the molecule is Nc1ccc(C=CC(=O)NCCOc2ccc(-c3ccc(C(=O)N4CC(F)(F)C4)cc3)cc2Cl)cn1. The zero-order valence-electron chi connectivity index (χ0n) is 19.1. The number of hydrogen-bond acceptors (Lipinski definition) is 5. The maximum atomic E-state index is 13.0. The minimum absolute atomic E-state index is 0.217. The highest BCUT2D eigenvalue weighted by atomic mass is 35.5. The molecule has 1 aliphatic heterocycles. The fraction of sp³-hybridized carbons (Fsp3) is 0.192. The second-order valence-corrected chi connectivity index (χ2v) is 8.64. The fourth-order valence-electron chi connectivity index (χ4n) is 3.52. The van der Waals surface area contributed by atoms with Crippen molar-refractivity contribution in [2.75, 3.05) is 32.0 Å². The predicted molar refractivity (Wildman–Crippen MR) is 134 cm³/mol. The second kappa shape index (κ2) is 10.7. The first-order chi connectivity index (χ1) is 17.2. The maximum Gasteiger partial charge on any atom is 0.282 e. The highest BCUT2D eigenvalue weighted by molar-refractivity contribution is 6.32. The average Bonchev–Trinajstić information content (AvgIpc) is 2.85. The van der Waals surface area contributed by atoms with E-state index in [1.165, 1.54) is 6.08 Å². The van der Waals surface area contributed by atoms with Gasteiger partial charge >= 0.3 is 0 Å². The van der Waals surface area contributed by atoms with Gasteiger partial charge in [-0.2, -0.15) is 0 Å². The Hall–Kier alpha value is -3.98. The Bertz CT molecular complexity index is 1270. The van der Waals surface area contributed by atoms with E-state index in [0.717, 1.165) is 21.6 Å². The summed E-state index contributed by atoms with van der Waals surface area (Å²) < 4.78 is 31.7. The van der Waals surface area contributed by atoms with E-state index < -0.39 is 24.9 Å². The van der Waals surface area contributed by atoms with E-state index in [1.54, 1.807) is 60.8 Å². The van der Waals surface area contributed by atoms with Crippen molar-refractivity contribution in [1.82, 2.24) is 15.2 Å². The van der Waals surface area contributed by atoms with Crippen LogP contribution in [0, 0.1) is 0 Å². The molecule has 1 aliphatic rings. The zero-order valence-corrected chi connectivity index (χ0v) is 19.8. The lowest BCUT2D eigenvalue weighted by Gasteiger charge is -2.38. The van der Waals surface area contributed by atoms with E-state index in [-0.39, 0.29) is 19.1 Å². The number of alkyl halides is 2. The molecule has 4 rings (SSSR count). The van der Waals surface area contributed by atoms with Crippen LogP contribution in [-0.4, -0.2) is 53.9 Å². The minimum Gasteiger partial charge on any atom is -0.490 e. The molecule has 10 heteroatoms. The van der Waals surface area contributed by atoms with Crippen LogP contribution in [-0.2, 0) is 4.79 Å². The number of nitrogens with zero attached hydrogens (tertiary/aromatic N) is 2. The Morgan fingerprint density at radius 1 is 1.11 bits per heavy atom. The van der Waals surface area contributed by atoms with Crippen LogP contribution >= 0.6 is 11.6 Å². The van der Waals surface area contributed by atoms with Gasteiger partial charge in [-0.3, -0.25) is 9.59 Å². The number of anilines is 1. The van der Waals surface area contributed by atoms with Gasteiger partial charge in [0.2, 0.25) is 5.91 Å². The van der Waals surface area contributed by atoms with Gasteiger partial charge in [-0.1, -0.05) is 29.8 Å². The number of rotatable bonds is 8. The summed E-state index contributed by atoms with van der Waals surface area (Å²) in [6, 6.07) is 15.3. The van der Waals surface area contributed by atoms with E-state index in [0.29, 0.717) is 22.2 Å². The van der Waals surface area contributed by atoms with E-state index >= 15 is 0 Å². The number of likely N-dealkylation sites (tertiary alicyclic amines) is 1. The molecule has 2 amide bonds. The number of halogens is 3. The Morgan fingerprint density at radius 2 is 1.83 bits per heavy atom. The lowest BCUT2D eigenvalue weighted by Crippen LogP contribution is -2.58. The van der Waals surface area contributed by atoms with Crippen molar-refractivity contribution in [2.45, 2.75) is 5.92 Å². The van der Waals surface area contributed by atoms with Gasteiger partial charge < -0.3 is 20.7 Å². The van der Waals surface area contributed by atoms with Crippen molar-refractivity contribution in [2.24, 2.45) is 0 Å². The number of hydrogen-bond donors (Lipinski definition) is 2. The summed E-state index contributed by atoms with van der Waals surface area (Å²) in [5, 5.41) is 3.10. The standard InChI is InChI=1S/C26H23ClF2N4O3/c27-21-13-20(18-3-5-19(6-4-18)25(35)33-15-26(28,29)16-33)7-8-22(21)36-12-11-31-24(34)10-2-17-1-9-23(30)32-14-17/h1-10,13-14H,11-12,15-16H2,(H2,30,32)(H,31,34). The monoisotopic (exact) mass is 512 g/mol. The van der Waals surface area contributed by atoms with Gasteiger partial charge in [0.05, 0.1) is 24.7 Å². The summed E-state index contributed by atoms with van der Waals surface area (Å²) in [4.78, 5) is 29.3. The number of benzene rings is 2. The third-order valence-corrected chi connectivity index (χ3v) is 5.72. The Morgan fingerprint density at radius 3 is 2.47 bits per heavy atom. The first kappa shape index (κ1) is 25.1. The largest absolute Gasteiger partial charge is 0.490 e. The number of carbonyl (C=O) groups is 2. The van der Waals surface area contributed by atoms with Crippen molar-refractivity contribution in [1.29, 1.82) is 0 Å². The van der Waals surface area contributed by atoms with Gasteiger partial charge in [0.25, 0.3) is 11.8 Å². The van der Waals surface area contributed by atoms with Crippen LogP contribution in [0.4, 0.5) is 14.6 Å². The van der Waals surface area contributed by atoms with Gasteiger partial charge in [0.1, 0.15) is 18.2 Å². The van der Waals surface area contributed by atoms with Gasteiger partial charge in [-0.05, 0) is 59.2 Å². The number of pyridine rings is 1. The van der Waals surface area contributed by atoms with Crippen LogP contribution in [0.15, 0.2) is 66.9 Å². The Balaban J connectivity index is 1.25. The summed E-state index contributed by atoms with van der Waals surface area (Å²) in [7, 11) is 0. The van der Waals surface area contributed by atoms with Gasteiger partial charge in [-0.15, -0.1) is 0 Å². The molecule has 0 bridgehead atoms. The molecular formula is C26H23ClF2N4O3. The first-order valence-corrected chi connectivity index (χ1v) is 11.5. The first-order valence-electron chi connectivity index (χ1n) is 11.1. The molecule has 1 aromatic heterocycles. The number of nitrogen functional groups attached to an aromatic ring is 1. The molecule has 0 atom stereocenters. The normalized spacial score (nSPS) is 14.4. The summed E-state index contributed by atoms with van der Waals surface area (Å²) >= 11 is 6.36. The number of aromatic nitrogens is 1. The van der Waals surface area contributed by atoms with E-state index in [2.05, 4.69) is 10.3 Å². The molecule has 1 saturated heterocycles. The van der Waals surface area contributed by atoms with Crippen LogP contribution in [0.2, 0.25) is 5.02 Å². The maximum absolute atomic E-state index is 13.0. The molecule has 0 unspecified atom stereocenters. The van der Waals surface area contributed by atoms with E-state index in [1.807, 2.05) is 6.07 Å². The molecule has 2 aromatic carbocycles. The van der Waals surface area contributed by atoms with Crippen molar-refractivity contribution in [3.05, 3.63) is 83.0 Å². The number of carbonyl (C=O) groups excluding carboxylic acids is 2. The molecule has 186 valence electrons. The fourth-order valence-corrected chi connectivity index (χ4v) is 3.76. The summed E-state index contributed by atoms with van der Waals surface area (Å²) in [5.41, 5.74) is 8.24. The smallest absolute Gasteiger partial charge is 0.282 e. The van der Waals surface area contributed by atoms with Crippen LogP contribution < -0.4 is 15.8 Å². The van der Waals surface area contributed by atoms with Crippen LogP contribution in [0.1, 0.15) is 15.9 Å². The molecule has 0 saturated carbocycles. The third kappa shape index (κ3) is 6.37. The number of nitrogens with two attached hydrogens (primary N) is 1. The third-order valence-electron chi connectivity index (χ3n) is 5.42. The van der Waals surface area contributed by atoms with Gasteiger partial charge in [0, 0.05) is 17.8 Å². The van der Waals surface area contributed by atoms with Crippen LogP contribution in [0.5, 0.6) is 5.75 Å². The van der Waals surface area contributed by atoms with E-state index in [9.17, 15) is 18.4 Å². The Kier molecular flexibility index (Phi) is 7.49. The molecule has 3 N–H and O–H groups in total. The summed E-state index contributed by atoms with van der Waals surface area (Å²) in [6.07, 6.45) is 4.59. The predicted octanol–water partition coefficient (Wildman–Crippen LogP) is 4.28. The topological polar surface area (TPSA) is 97.6 Å². The highest BCUT2D eigenvalue weighted by Gasteiger charge is 2.46. The van der Waals surface area contributed by atoms with Gasteiger partial charge in [0.15, 0.2) is 0 Å². The second-order valence-electron chi connectivity index (χ2n) is 8.23. The highest BCUT2D eigenvalue weighted by Crippen LogP contribution is 2.31. The average molecular weight is 513 g/mol. The molecule has 7 nitrogen and oxygen atoms in total. The minimum atomic E-state index is -2.80. The number of nitrogens with one attached hydrogen (secondary N) is 1. The van der Waals surface area contributed by atoms with Crippen LogP contribution in [0.25, 0.3) is 17.2 Å². The van der Waals surface area contributed by atoms with Gasteiger partial charge in [-0.25, -0.2) is 13.8 Å². The molecule has 36 heavy (non-hydrogen) atoms. The summed E-state index contributed by atoms with van der Waals surface area (Å²) in [5.74, 6) is -2.62. The lowest BCUT2D eigenvalue weighted by atomic mass is 10.0. The molecule has 0 radical (unpaired) electrons. The lowest BCUT2D eigenvalue weighted by molar-refractivity contribution is -0.116. The van der Waals surface area contributed by atoms with Crippen LogP contribution in [0.3, 0.4) is 0 Å². The number of ether oxygens (including phenoxy) is 1. The van der Waals surface area contributed by atoms with Crippen molar-refractivity contribution < 1.29 is 23.1 Å². The number of amides is 2. The van der Waals surface area contributed by atoms with E-state index in [4.69, 9.17) is 22.1 Å². The molecule has 2 heterocycles. The molecule has 1 fully saturated rings. The molecule has 0 aliphatic carbocycles. The Labute approximate surface area is 211 Å².